The number of benzene rings is 2. The van der Waals surface area contributed by atoms with E-state index in [1.54, 1.807) is 24.1 Å². The SMILES string of the molecule is CCOc1ccc(CN(C)C(=O)c2ccc(S(=O)(=O)NCc3ccco3)cc2)cc1. The Kier molecular flexibility index (Phi) is 6.91. The molecule has 0 aliphatic heterocycles. The zero-order valence-corrected chi connectivity index (χ0v) is 17.7. The van der Waals surface area contributed by atoms with Crippen LogP contribution in [-0.4, -0.2) is 32.9 Å². The van der Waals surface area contributed by atoms with E-state index in [-0.39, 0.29) is 17.3 Å². The summed E-state index contributed by atoms with van der Waals surface area (Å²) in [7, 11) is -2.00. The lowest BCUT2D eigenvalue weighted by Gasteiger charge is -2.18. The van der Waals surface area contributed by atoms with Gasteiger partial charge in [0.1, 0.15) is 11.5 Å². The molecule has 158 valence electrons. The number of carbonyl (C=O) groups excluding carboxylic acids is 1. The lowest BCUT2D eigenvalue weighted by Crippen LogP contribution is -2.26. The lowest BCUT2D eigenvalue weighted by atomic mass is 10.1. The van der Waals surface area contributed by atoms with Crippen LogP contribution in [0.4, 0.5) is 0 Å². The predicted molar refractivity (Wildman–Crippen MR) is 113 cm³/mol. The first kappa shape index (κ1) is 21.6. The van der Waals surface area contributed by atoms with Gasteiger partial charge in [-0.05, 0) is 61.0 Å². The fourth-order valence-corrected chi connectivity index (χ4v) is 3.86. The number of sulfonamides is 1. The van der Waals surface area contributed by atoms with Crippen LogP contribution in [0.5, 0.6) is 5.75 Å². The quantitative estimate of drug-likeness (QED) is 0.564. The molecule has 0 atom stereocenters. The van der Waals surface area contributed by atoms with Crippen molar-refractivity contribution in [3.63, 3.8) is 0 Å². The zero-order chi connectivity index (χ0) is 21.6. The monoisotopic (exact) mass is 428 g/mol. The van der Waals surface area contributed by atoms with Crippen LogP contribution in [0.15, 0.2) is 76.2 Å². The van der Waals surface area contributed by atoms with E-state index in [0.29, 0.717) is 24.5 Å². The summed E-state index contributed by atoms with van der Waals surface area (Å²) in [5.41, 5.74) is 1.38. The van der Waals surface area contributed by atoms with Gasteiger partial charge in [0, 0.05) is 19.2 Å². The summed E-state index contributed by atoms with van der Waals surface area (Å²) < 4.78 is 37.8. The van der Waals surface area contributed by atoms with Crippen LogP contribution < -0.4 is 9.46 Å². The third kappa shape index (κ3) is 5.49. The Labute approximate surface area is 176 Å². The molecule has 7 nitrogen and oxygen atoms in total. The summed E-state index contributed by atoms with van der Waals surface area (Å²) >= 11 is 0. The van der Waals surface area contributed by atoms with Gasteiger partial charge in [0.05, 0.1) is 24.3 Å². The van der Waals surface area contributed by atoms with E-state index < -0.39 is 10.0 Å². The van der Waals surface area contributed by atoms with Crippen LogP contribution in [0, 0.1) is 0 Å². The summed E-state index contributed by atoms with van der Waals surface area (Å²) in [4.78, 5) is 14.3. The Morgan fingerprint density at radius 3 is 2.37 bits per heavy atom. The highest BCUT2D eigenvalue weighted by atomic mass is 32.2. The molecule has 0 radical (unpaired) electrons. The van der Waals surface area contributed by atoms with Gasteiger partial charge in [-0.3, -0.25) is 4.79 Å². The van der Waals surface area contributed by atoms with Gasteiger partial charge in [-0.25, -0.2) is 13.1 Å². The van der Waals surface area contributed by atoms with E-state index in [0.717, 1.165) is 11.3 Å². The average molecular weight is 429 g/mol. The maximum absolute atomic E-state index is 12.7. The van der Waals surface area contributed by atoms with Gasteiger partial charge in [-0.1, -0.05) is 12.1 Å². The molecule has 0 unspecified atom stereocenters. The number of rotatable bonds is 9. The molecule has 0 saturated heterocycles. The van der Waals surface area contributed by atoms with Crippen LogP contribution in [0.25, 0.3) is 0 Å². The average Bonchev–Trinajstić information content (AvgIpc) is 3.27. The van der Waals surface area contributed by atoms with Gasteiger partial charge in [0.15, 0.2) is 0 Å². The van der Waals surface area contributed by atoms with Crippen LogP contribution in [0.2, 0.25) is 0 Å². The second-order valence-electron chi connectivity index (χ2n) is 6.67. The first-order valence-corrected chi connectivity index (χ1v) is 11.0. The normalized spacial score (nSPS) is 11.3. The summed E-state index contributed by atoms with van der Waals surface area (Å²) in [5.74, 6) is 1.10. The fraction of sp³-hybridized carbons (Fsp3) is 0.227. The third-order valence-electron chi connectivity index (χ3n) is 4.43. The summed E-state index contributed by atoms with van der Waals surface area (Å²) in [6, 6.07) is 16.8. The minimum atomic E-state index is -3.70. The van der Waals surface area contributed by atoms with Crippen molar-refractivity contribution >= 4 is 15.9 Å². The summed E-state index contributed by atoms with van der Waals surface area (Å²) in [6.45, 7) is 3.00. The van der Waals surface area contributed by atoms with Crippen molar-refractivity contribution in [1.29, 1.82) is 0 Å². The minimum absolute atomic E-state index is 0.0564. The van der Waals surface area contributed by atoms with Gasteiger partial charge < -0.3 is 14.1 Å². The molecular weight excluding hydrogens is 404 g/mol. The molecule has 3 rings (SSSR count). The smallest absolute Gasteiger partial charge is 0.253 e. The number of hydrogen-bond acceptors (Lipinski definition) is 5. The maximum atomic E-state index is 12.7. The topological polar surface area (TPSA) is 88.8 Å². The lowest BCUT2D eigenvalue weighted by molar-refractivity contribution is 0.0785. The van der Waals surface area contributed by atoms with Crippen molar-refractivity contribution in [2.45, 2.75) is 24.9 Å². The van der Waals surface area contributed by atoms with Crippen molar-refractivity contribution < 1.29 is 22.4 Å². The first-order chi connectivity index (χ1) is 14.4. The molecule has 1 amide bonds. The Hall–Kier alpha value is -3.10. The van der Waals surface area contributed by atoms with Crippen molar-refractivity contribution in [1.82, 2.24) is 9.62 Å². The molecule has 1 aromatic heterocycles. The molecule has 8 heteroatoms. The van der Waals surface area contributed by atoms with Gasteiger partial charge >= 0.3 is 0 Å². The van der Waals surface area contributed by atoms with Gasteiger partial charge in [-0.2, -0.15) is 0 Å². The van der Waals surface area contributed by atoms with Crippen molar-refractivity contribution in [3.05, 3.63) is 83.8 Å². The number of nitrogens with one attached hydrogen (secondary N) is 1. The second-order valence-corrected chi connectivity index (χ2v) is 8.43. The number of amides is 1. The van der Waals surface area contributed by atoms with E-state index in [1.165, 1.54) is 30.5 Å². The van der Waals surface area contributed by atoms with Gasteiger partial charge in [0.2, 0.25) is 10.0 Å². The highest BCUT2D eigenvalue weighted by Crippen LogP contribution is 2.16. The predicted octanol–water partition coefficient (Wildman–Crippen LogP) is 3.43. The second kappa shape index (κ2) is 9.60. The zero-order valence-electron chi connectivity index (χ0n) is 16.9. The van der Waals surface area contributed by atoms with Crippen LogP contribution >= 0.6 is 0 Å². The molecule has 0 bridgehead atoms. The molecule has 0 aliphatic rings. The molecular formula is C22H24N2O5S. The number of carbonyl (C=O) groups is 1. The molecule has 2 aromatic carbocycles. The Morgan fingerprint density at radius 2 is 1.77 bits per heavy atom. The van der Waals surface area contributed by atoms with Crippen LogP contribution in [-0.2, 0) is 23.1 Å². The van der Waals surface area contributed by atoms with Crippen molar-refractivity contribution in [2.75, 3.05) is 13.7 Å². The van der Waals surface area contributed by atoms with Crippen molar-refractivity contribution in [2.24, 2.45) is 0 Å². The molecule has 0 aliphatic carbocycles. The number of hydrogen-bond donors (Lipinski definition) is 1. The number of ether oxygens (including phenoxy) is 1. The molecule has 0 spiro atoms. The van der Waals surface area contributed by atoms with Crippen molar-refractivity contribution in [3.8, 4) is 5.75 Å². The Bertz CT molecular complexity index is 1060. The van der Waals surface area contributed by atoms with Gasteiger partial charge in [-0.15, -0.1) is 0 Å². The Balaban J connectivity index is 1.62. The summed E-state index contributed by atoms with van der Waals surface area (Å²) in [6.07, 6.45) is 1.48. The summed E-state index contributed by atoms with van der Waals surface area (Å²) in [5, 5.41) is 0. The highest BCUT2D eigenvalue weighted by molar-refractivity contribution is 7.89. The standard InChI is InChI=1S/C22H24N2O5S/c1-3-28-19-10-6-17(7-11-19)16-24(2)22(25)18-8-12-21(13-9-18)30(26,27)23-15-20-5-4-14-29-20/h4-14,23H,3,15-16H2,1-2H3. The van der Waals surface area contributed by atoms with E-state index >= 15 is 0 Å². The van der Waals surface area contributed by atoms with Crippen LogP contribution in [0.1, 0.15) is 28.6 Å². The maximum Gasteiger partial charge on any atom is 0.253 e. The van der Waals surface area contributed by atoms with Gasteiger partial charge in [0.25, 0.3) is 5.91 Å². The molecule has 0 fully saturated rings. The van der Waals surface area contributed by atoms with E-state index in [9.17, 15) is 13.2 Å². The number of furan rings is 1. The van der Waals surface area contributed by atoms with E-state index in [4.69, 9.17) is 9.15 Å². The van der Waals surface area contributed by atoms with Crippen LogP contribution in [0.3, 0.4) is 0 Å². The molecule has 3 aromatic rings. The number of nitrogens with zero attached hydrogens (tertiary/aromatic N) is 1. The molecule has 1 heterocycles. The largest absolute Gasteiger partial charge is 0.494 e. The minimum Gasteiger partial charge on any atom is -0.494 e. The fourth-order valence-electron chi connectivity index (χ4n) is 2.86. The highest BCUT2D eigenvalue weighted by Gasteiger charge is 2.17. The third-order valence-corrected chi connectivity index (χ3v) is 5.85. The van der Waals surface area contributed by atoms with E-state index in [2.05, 4.69) is 4.72 Å². The molecule has 0 saturated carbocycles. The Morgan fingerprint density at radius 1 is 1.07 bits per heavy atom. The first-order valence-electron chi connectivity index (χ1n) is 9.48. The molecule has 1 N–H and O–H groups in total. The van der Waals surface area contributed by atoms with E-state index in [1.807, 2.05) is 31.2 Å². The molecule has 30 heavy (non-hydrogen) atoms.